The van der Waals surface area contributed by atoms with Gasteiger partial charge in [0.25, 0.3) is 0 Å². The van der Waals surface area contributed by atoms with Gasteiger partial charge in [0, 0.05) is 54.9 Å². The summed E-state index contributed by atoms with van der Waals surface area (Å²) in [5.41, 5.74) is 9.46. The SMILES string of the molecule is CC(=O)N1c2ccc(N3CC4N(C(=O)OC(C)(C)C)CC45CC35)cc2[C@H](N)[C@@H](C)[C@@H]1C. The Kier molecular flexibility index (Phi) is 4.24. The van der Waals surface area contributed by atoms with Crippen LogP contribution in [0.5, 0.6) is 0 Å². The highest BCUT2D eigenvalue weighted by atomic mass is 16.6. The molecule has 2 amide bonds. The molecule has 1 aliphatic carbocycles. The second-order valence-electron chi connectivity index (χ2n) is 11.0. The van der Waals surface area contributed by atoms with Crippen molar-refractivity contribution in [3.63, 3.8) is 0 Å². The van der Waals surface area contributed by atoms with Crippen molar-refractivity contribution >= 4 is 23.4 Å². The average Bonchev–Trinajstić information content (AvgIpc) is 3.35. The van der Waals surface area contributed by atoms with Gasteiger partial charge in [-0.15, -0.1) is 0 Å². The van der Waals surface area contributed by atoms with Crippen molar-refractivity contribution in [2.24, 2.45) is 17.1 Å². The molecule has 1 aromatic rings. The van der Waals surface area contributed by atoms with Crippen molar-refractivity contribution in [2.75, 3.05) is 22.9 Å². The largest absolute Gasteiger partial charge is 0.444 e. The van der Waals surface area contributed by atoms with Gasteiger partial charge in [-0.05, 0) is 63.8 Å². The third-order valence-electron chi connectivity index (χ3n) is 7.99. The maximum Gasteiger partial charge on any atom is 0.410 e. The number of ether oxygens (including phenoxy) is 1. The third-order valence-corrected chi connectivity index (χ3v) is 7.99. The van der Waals surface area contributed by atoms with Gasteiger partial charge in [0.1, 0.15) is 5.60 Å². The summed E-state index contributed by atoms with van der Waals surface area (Å²) < 4.78 is 5.61. The molecule has 7 nitrogen and oxygen atoms in total. The Balaban J connectivity index is 1.40. The fourth-order valence-electron chi connectivity index (χ4n) is 6.07. The zero-order valence-electron chi connectivity index (χ0n) is 19.4. The number of benzene rings is 1. The minimum absolute atomic E-state index is 0.0496. The lowest BCUT2D eigenvalue weighted by molar-refractivity contribution is -0.117. The predicted molar refractivity (Wildman–Crippen MR) is 120 cm³/mol. The summed E-state index contributed by atoms with van der Waals surface area (Å²) in [6.45, 7) is 13.1. The van der Waals surface area contributed by atoms with Gasteiger partial charge in [-0.1, -0.05) is 6.92 Å². The lowest BCUT2D eigenvalue weighted by Crippen LogP contribution is -2.61. The molecule has 0 aromatic heterocycles. The molecule has 31 heavy (non-hydrogen) atoms. The predicted octanol–water partition coefficient (Wildman–Crippen LogP) is 3.28. The molecule has 2 saturated heterocycles. The second kappa shape index (κ2) is 6.37. The maximum absolute atomic E-state index is 12.6. The summed E-state index contributed by atoms with van der Waals surface area (Å²) in [7, 11) is 0. The van der Waals surface area contributed by atoms with Crippen molar-refractivity contribution in [2.45, 2.75) is 77.7 Å². The Morgan fingerprint density at radius 1 is 1.19 bits per heavy atom. The second-order valence-corrected chi connectivity index (χ2v) is 11.0. The lowest BCUT2D eigenvalue weighted by Gasteiger charge is -2.46. The van der Waals surface area contributed by atoms with Gasteiger partial charge in [0.15, 0.2) is 0 Å². The molecule has 3 unspecified atom stereocenters. The van der Waals surface area contributed by atoms with Crippen LogP contribution in [0.4, 0.5) is 16.2 Å². The van der Waals surface area contributed by atoms with E-state index in [1.165, 1.54) is 0 Å². The third kappa shape index (κ3) is 2.89. The lowest BCUT2D eigenvalue weighted by atomic mass is 9.83. The molecular weight excluding hydrogens is 392 g/mol. The Morgan fingerprint density at radius 2 is 1.90 bits per heavy atom. The van der Waals surface area contributed by atoms with Gasteiger partial charge in [0.05, 0.1) is 6.04 Å². The molecule has 4 aliphatic rings. The number of piperidine rings is 1. The molecule has 3 fully saturated rings. The summed E-state index contributed by atoms with van der Waals surface area (Å²) in [5.74, 6) is 0.227. The van der Waals surface area contributed by atoms with Crippen LogP contribution in [-0.4, -0.2) is 53.7 Å². The summed E-state index contributed by atoms with van der Waals surface area (Å²) in [6.07, 6.45) is 0.913. The minimum Gasteiger partial charge on any atom is -0.444 e. The van der Waals surface area contributed by atoms with E-state index in [-0.39, 0.29) is 41.5 Å². The monoisotopic (exact) mass is 426 g/mol. The van der Waals surface area contributed by atoms with E-state index in [4.69, 9.17) is 10.5 Å². The molecule has 7 heteroatoms. The Hall–Kier alpha value is -2.28. The zero-order chi connectivity index (χ0) is 22.5. The Bertz CT molecular complexity index is 957. The van der Waals surface area contributed by atoms with Gasteiger partial charge < -0.3 is 25.2 Å². The highest BCUT2D eigenvalue weighted by molar-refractivity contribution is 5.94. The van der Waals surface area contributed by atoms with Crippen LogP contribution in [0.2, 0.25) is 0 Å². The summed E-state index contributed by atoms with van der Waals surface area (Å²) >= 11 is 0. The van der Waals surface area contributed by atoms with Crippen LogP contribution in [-0.2, 0) is 9.53 Å². The Morgan fingerprint density at radius 3 is 2.55 bits per heavy atom. The number of anilines is 2. The van der Waals surface area contributed by atoms with E-state index in [9.17, 15) is 9.59 Å². The first-order valence-corrected chi connectivity index (χ1v) is 11.4. The van der Waals surface area contributed by atoms with Crippen LogP contribution >= 0.6 is 0 Å². The van der Waals surface area contributed by atoms with Crippen LogP contribution in [0.1, 0.15) is 59.6 Å². The molecule has 6 atom stereocenters. The van der Waals surface area contributed by atoms with E-state index in [1.54, 1.807) is 6.92 Å². The molecule has 1 saturated carbocycles. The quantitative estimate of drug-likeness (QED) is 0.746. The number of amides is 2. The number of likely N-dealkylation sites (tertiary alicyclic amines) is 1. The fourth-order valence-corrected chi connectivity index (χ4v) is 6.07. The van der Waals surface area contributed by atoms with Crippen molar-refractivity contribution in [1.82, 2.24) is 4.90 Å². The smallest absolute Gasteiger partial charge is 0.410 e. The molecule has 1 spiro atoms. The summed E-state index contributed by atoms with van der Waals surface area (Å²) in [6, 6.07) is 6.98. The van der Waals surface area contributed by atoms with Crippen LogP contribution in [0.3, 0.4) is 0 Å². The molecule has 5 rings (SSSR count). The van der Waals surface area contributed by atoms with Crippen LogP contribution in [0.25, 0.3) is 0 Å². The van der Waals surface area contributed by atoms with E-state index in [0.717, 1.165) is 36.4 Å². The number of carbonyl (C=O) groups is 2. The number of hydrogen-bond donors (Lipinski definition) is 1. The standard InChI is InChI=1S/C24H34N4O3/c1-13-14(2)28(15(3)29)18-8-7-16(9-17(18)21(13)25)26-11-20-24(10-19(24)26)12-27(20)22(30)31-23(4,5)6/h7-9,13-14,19-21H,10-12,25H2,1-6H3/t13-,14-,19?,20?,21+,24?/m0/s1. The Labute approximate surface area is 184 Å². The van der Waals surface area contributed by atoms with Crippen molar-refractivity contribution in [3.8, 4) is 0 Å². The molecular formula is C24H34N4O3. The zero-order valence-corrected chi connectivity index (χ0v) is 19.4. The molecule has 0 radical (unpaired) electrons. The number of nitrogens with two attached hydrogens (primary N) is 1. The van der Waals surface area contributed by atoms with Crippen LogP contribution in [0.15, 0.2) is 18.2 Å². The first-order valence-electron chi connectivity index (χ1n) is 11.4. The van der Waals surface area contributed by atoms with Gasteiger partial charge in [0.2, 0.25) is 5.91 Å². The highest BCUT2D eigenvalue weighted by Gasteiger charge is 2.75. The highest BCUT2D eigenvalue weighted by Crippen LogP contribution is 2.65. The van der Waals surface area contributed by atoms with E-state index in [1.807, 2.05) is 30.6 Å². The average molecular weight is 427 g/mol. The van der Waals surface area contributed by atoms with Gasteiger partial charge in [-0.2, -0.15) is 0 Å². The minimum atomic E-state index is -0.480. The molecule has 3 aliphatic heterocycles. The van der Waals surface area contributed by atoms with Crippen LogP contribution in [0, 0.1) is 11.3 Å². The van der Waals surface area contributed by atoms with E-state index >= 15 is 0 Å². The maximum atomic E-state index is 12.6. The normalized spacial score (nSPS) is 35.7. The van der Waals surface area contributed by atoms with Crippen molar-refractivity contribution in [3.05, 3.63) is 23.8 Å². The number of hydrogen-bond acceptors (Lipinski definition) is 5. The van der Waals surface area contributed by atoms with E-state index < -0.39 is 5.60 Å². The topological polar surface area (TPSA) is 79.1 Å². The number of fused-ring (bicyclic) bond motifs is 1. The molecule has 0 bridgehead atoms. The summed E-state index contributed by atoms with van der Waals surface area (Å²) in [4.78, 5) is 31.2. The molecule has 3 heterocycles. The first kappa shape index (κ1) is 20.6. The number of nitrogens with zero attached hydrogens (tertiary/aromatic N) is 3. The van der Waals surface area contributed by atoms with Crippen molar-refractivity contribution < 1.29 is 14.3 Å². The van der Waals surface area contributed by atoms with E-state index in [0.29, 0.717) is 6.04 Å². The first-order chi connectivity index (χ1) is 14.4. The van der Waals surface area contributed by atoms with Gasteiger partial charge in [-0.25, -0.2) is 4.79 Å². The number of carbonyl (C=O) groups excluding carboxylic acids is 2. The van der Waals surface area contributed by atoms with E-state index in [2.05, 4.69) is 36.9 Å². The molecule has 168 valence electrons. The fraction of sp³-hybridized carbons (Fsp3) is 0.667. The van der Waals surface area contributed by atoms with Crippen molar-refractivity contribution in [1.29, 1.82) is 0 Å². The molecule has 2 N–H and O–H groups in total. The van der Waals surface area contributed by atoms with Gasteiger partial charge >= 0.3 is 6.09 Å². The van der Waals surface area contributed by atoms with Crippen LogP contribution < -0.4 is 15.5 Å². The molecule has 1 aromatic carbocycles. The summed E-state index contributed by atoms with van der Waals surface area (Å²) in [5, 5.41) is 0. The number of rotatable bonds is 1. The van der Waals surface area contributed by atoms with Gasteiger partial charge in [-0.3, -0.25) is 4.79 Å².